The third kappa shape index (κ3) is 3.70. The van der Waals surface area contributed by atoms with Crippen molar-refractivity contribution >= 4 is 28.4 Å². The lowest BCUT2D eigenvalue weighted by atomic mass is 9.99. The predicted octanol–water partition coefficient (Wildman–Crippen LogP) is 3.81. The topological polar surface area (TPSA) is 95.6 Å². The number of pyridine rings is 2. The number of H-pyrrole nitrogens is 1. The number of aromatic amines is 1. The normalized spacial score (nSPS) is 10.7. The zero-order valence-electron chi connectivity index (χ0n) is 16.2. The average Bonchev–Trinajstić information content (AvgIpc) is 2.73. The Kier molecular flexibility index (Phi) is 4.78. The van der Waals surface area contributed by atoms with Crippen molar-refractivity contribution in [2.24, 2.45) is 0 Å². The van der Waals surface area contributed by atoms with Gasteiger partial charge in [-0.05, 0) is 42.3 Å². The number of fused-ring (bicyclic) bond motifs is 1. The molecule has 0 saturated carbocycles. The van der Waals surface area contributed by atoms with Crippen LogP contribution in [0.15, 0.2) is 66.2 Å². The fourth-order valence-corrected chi connectivity index (χ4v) is 3.10. The van der Waals surface area contributed by atoms with E-state index in [1.54, 1.807) is 25.5 Å². The van der Waals surface area contributed by atoms with Gasteiger partial charge in [0.25, 0.3) is 0 Å². The van der Waals surface area contributed by atoms with Gasteiger partial charge >= 0.3 is 0 Å². The van der Waals surface area contributed by atoms with Crippen LogP contribution in [0, 0.1) is 6.92 Å². The molecule has 0 amide bonds. The van der Waals surface area contributed by atoms with Gasteiger partial charge in [0.2, 0.25) is 11.5 Å². The highest BCUT2D eigenvalue weighted by Gasteiger charge is 2.14. The van der Waals surface area contributed by atoms with Crippen LogP contribution in [0.2, 0.25) is 0 Å². The summed E-state index contributed by atoms with van der Waals surface area (Å²) >= 11 is 0. The Labute approximate surface area is 167 Å². The molecule has 0 fully saturated rings. The van der Waals surface area contributed by atoms with Gasteiger partial charge in [-0.15, -0.1) is 0 Å². The Bertz CT molecular complexity index is 1260. The van der Waals surface area contributed by atoms with Crippen LogP contribution in [0.1, 0.15) is 11.1 Å². The average molecular weight is 384 g/mol. The molecule has 0 aliphatic rings. The van der Waals surface area contributed by atoms with Crippen molar-refractivity contribution in [1.82, 2.24) is 19.9 Å². The number of nitrogens with zero attached hydrogens (tertiary/aromatic N) is 3. The van der Waals surface area contributed by atoms with Gasteiger partial charge in [0.1, 0.15) is 5.65 Å². The number of hydrogen-bond donors (Lipinski definition) is 3. The first-order chi connectivity index (χ1) is 14.0. The van der Waals surface area contributed by atoms with E-state index >= 15 is 0 Å². The maximum Gasteiger partial charge on any atom is 0.249 e. The molecule has 0 radical (unpaired) electrons. The predicted molar refractivity (Wildman–Crippen MR) is 117 cm³/mol. The molecule has 3 aromatic heterocycles. The Morgan fingerprint density at radius 1 is 1.14 bits per heavy atom. The van der Waals surface area contributed by atoms with Gasteiger partial charge < -0.3 is 15.6 Å². The fourth-order valence-electron chi connectivity index (χ4n) is 3.10. The molecular weight excluding hydrogens is 364 g/mol. The van der Waals surface area contributed by atoms with Crippen LogP contribution in [0.25, 0.3) is 28.0 Å². The SMILES string of the molecule is C=C(Nc1cccnc1)c1ccc(C)c(-c2nc(NC)nc3[nH]c(=O)ccc23)c1. The van der Waals surface area contributed by atoms with Crippen LogP contribution in [0.3, 0.4) is 0 Å². The zero-order valence-corrected chi connectivity index (χ0v) is 16.2. The molecule has 4 aromatic rings. The smallest absolute Gasteiger partial charge is 0.249 e. The van der Waals surface area contributed by atoms with Gasteiger partial charge in [0.05, 0.1) is 17.6 Å². The minimum absolute atomic E-state index is 0.205. The molecule has 0 unspecified atom stereocenters. The molecule has 7 nitrogen and oxygen atoms in total. The van der Waals surface area contributed by atoms with Crippen molar-refractivity contribution < 1.29 is 0 Å². The van der Waals surface area contributed by atoms with Gasteiger partial charge in [-0.3, -0.25) is 9.78 Å². The molecule has 3 N–H and O–H groups in total. The van der Waals surface area contributed by atoms with Crippen molar-refractivity contribution in [2.45, 2.75) is 6.92 Å². The minimum Gasteiger partial charge on any atom is -0.357 e. The highest BCUT2D eigenvalue weighted by Crippen LogP contribution is 2.31. The van der Waals surface area contributed by atoms with E-state index in [9.17, 15) is 4.79 Å². The first-order valence-corrected chi connectivity index (χ1v) is 9.11. The van der Waals surface area contributed by atoms with E-state index in [0.29, 0.717) is 11.6 Å². The third-order valence-corrected chi connectivity index (χ3v) is 4.61. The van der Waals surface area contributed by atoms with E-state index in [0.717, 1.165) is 39.2 Å². The molecule has 4 rings (SSSR count). The largest absolute Gasteiger partial charge is 0.357 e. The molecule has 29 heavy (non-hydrogen) atoms. The summed E-state index contributed by atoms with van der Waals surface area (Å²) in [4.78, 5) is 27.7. The minimum atomic E-state index is -0.205. The summed E-state index contributed by atoms with van der Waals surface area (Å²) in [6.45, 7) is 6.18. The fraction of sp³-hybridized carbons (Fsp3) is 0.0909. The van der Waals surface area contributed by atoms with Gasteiger partial charge in [0.15, 0.2) is 0 Å². The van der Waals surface area contributed by atoms with Crippen molar-refractivity contribution in [2.75, 3.05) is 17.7 Å². The van der Waals surface area contributed by atoms with Crippen molar-refractivity contribution in [3.8, 4) is 11.3 Å². The highest BCUT2D eigenvalue weighted by molar-refractivity contribution is 5.92. The Morgan fingerprint density at radius 2 is 2.00 bits per heavy atom. The molecule has 3 heterocycles. The molecular formula is C22H20N6O. The lowest BCUT2D eigenvalue weighted by Gasteiger charge is -2.14. The number of rotatable bonds is 5. The van der Waals surface area contributed by atoms with Crippen LogP contribution in [-0.2, 0) is 0 Å². The third-order valence-electron chi connectivity index (χ3n) is 4.61. The summed E-state index contributed by atoms with van der Waals surface area (Å²) in [6, 6.07) is 13.1. The molecule has 0 atom stereocenters. The number of hydrogen-bond acceptors (Lipinski definition) is 6. The van der Waals surface area contributed by atoms with E-state index < -0.39 is 0 Å². The summed E-state index contributed by atoms with van der Waals surface area (Å²) in [6.07, 6.45) is 3.47. The van der Waals surface area contributed by atoms with Gasteiger partial charge in [-0.25, -0.2) is 4.98 Å². The Morgan fingerprint density at radius 3 is 2.76 bits per heavy atom. The van der Waals surface area contributed by atoms with E-state index in [4.69, 9.17) is 0 Å². The Hall–Kier alpha value is -4.00. The number of anilines is 2. The summed E-state index contributed by atoms with van der Waals surface area (Å²) in [5, 5.41) is 7.00. The van der Waals surface area contributed by atoms with Gasteiger partial charge in [-0.2, -0.15) is 4.98 Å². The molecule has 144 valence electrons. The molecule has 0 bridgehead atoms. The summed E-state index contributed by atoms with van der Waals surface area (Å²) in [7, 11) is 1.74. The quantitative estimate of drug-likeness (QED) is 0.484. The number of nitrogens with one attached hydrogen (secondary N) is 3. The van der Waals surface area contributed by atoms with Crippen LogP contribution in [-0.4, -0.2) is 27.0 Å². The second kappa shape index (κ2) is 7.55. The van der Waals surface area contributed by atoms with Crippen LogP contribution >= 0.6 is 0 Å². The van der Waals surface area contributed by atoms with Gasteiger partial charge in [-0.1, -0.05) is 18.7 Å². The lowest BCUT2D eigenvalue weighted by Crippen LogP contribution is -2.07. The van der Waals surface area contributed by atoms with E-state index in [1.807, 2.05) is 37.3 Å². The van der Waals surface area contributed by atoms with Gasteiger partial charge in [0, 0.05) is 36.0 Å². The summed E-state index contributed by atoms with van der Waals surface area (Å²) < 4.78 is 0. The Balaban J connectivity index is 1.82. The molecule has 7 heteroatoms. The zero-order chi connectivity index (χ0) is 20.4. The van der Waals surface area contributed by atoms with Crippen LogP contribution in [0.5, 0.6) is 0 Å². The number of benzene rings is 1. The van der Waals surface area contributed by atoms with E-state index in [1.165, 1.54) is 6.07 Å². The van der Waals surface area contributed by atoms with Crippen LogP contribution in [0.4, 0.5) is 11.6 Å². The van der Waals surface area contributed by atoms with Crippen molar-refractivity contribution in [1.29, 1.82) is 0 Å². The lowest BCUT2D eigenvalue weighted by molar-refractivity contribution is 1.15. The molecule has 0 aliphatic carbocycles. The number of aromatic nitrogens is 4. The first-order valence-electron chi connectivity index (χ1n) is 9.11. The van der Waals surface area contributed by atoms with Crippen molar-refractivity contribution in [3.63, 3.8) is 0 Å². The molecule has 1 aromatic carbocycles. The monoisotopic (exact) mass is 384 g/mol. The first kappa shape index (κ1) is 18.4. The summed E-state index contributed by atoms with van der Waals surface area (Å²) in [5.41, 5.74) is 5.55. The standard InChI is InChI=1S/C22H20N6O/c1-13-6-7-15(14(2)25-16-5-4-10-24-12-16)11-18(13)20-17-8-9-19(29)26-21(17)28-22(23-3)27-20/h4-12,25H,2H2,1,3H3,(H2,23,26,27,28,29). The molecule has 0 saturated heterocycles. The van der Waals surface area contributed by atoms with Crippen molar-refractivity contribution in [3.05, 3.63) is 82.9 Å². The second-order valence-corrected chi connectivity index (χ2v) is 6.61. The molecule has 0 spiro atoms. The summed E-state index contributed by atoms with van der Waals surface area (Å²) in [5.74, 6) is 0.437. The molecule has 0 aliphatic heterocycles. The maximum atomic E-state index is 11.8. The van der Waals surface area contributed by atoms with E-state index in [2.05, 4.69) is 37.1 Å². The highest BCUT2D eigenvalue weighted by atomic mass is 16.1. The number of aryl methyl sites for hydroxylation is 1. The van der Waals surface area contributed by atoms with Crippen LogP contribution < -0.4 is 16.2 Å². The van der Waals surface area contributed by atoms with E-state index in [-0.39, 0.29) is 5.56 Å². The second-order valence-electron chi connectivity index (χ2n) is 6.61. The maximum absolute atomic E-state index is 11.8.